The molecule has 27 heavy (non-hydrogen) atoms. The van der Waals surface area contributed by atoms with Crippen molar-refractivity contribution in [3.8, 4) is 11.5 Å². The molecule has 0 aliphatic heterocycles. The molecule has 3 aromatic heterocycles. The van der Waals surface area contributed by atoms with Gasteiger partial charge in [0.05, 0.1) is 12.2 Å². The van der Waals surface area contributed by atoms with Crippen molar-refractivity contribution in [3.05, 3.63) is 59.2 Å². The molecule has 0 radical (unpaired) electrons. The highest BCUT2D eigenvalue weighted by Gasteiger charge is 2.17. The van der Waals surface area contributed by atoms with Crippen molar-refractivity contribution in [2.24, 2.45) is 0 Å². The Morgan fingerprint density at radius 3 is 2.63 bits per heavy atom. The molecule has 0 aliphatic rings. The average Bonchev–Trinajstić information content (AvgIpc) is 3.27. The van der Waals surface area contributed by atoms with Crippen LogP contribution in [-0.2, 0) is 13.0 Å². The lowest BCUT2D eigenvalue weighted by Gasteiger charge is -2.18. The lowest BCUT2D eigenvalue weighted by Crippen LogP contribution is -2.20. The predicted molar refractivity (Wildman–Crippen MR) is 104 cm³/mol. The first kappa shape index (κ1) is 17.2. The van der Waals surface area contributed by atoms with E-state index in [2.05, 4.69) is 40.1 Å². The second kappa shape index (κ2) is 6.83. The third-order valence-electron chi connectivity index (χ3n) is 4.70. The van der Waals surface area contributed by atoms with E-state index in [1.807, 2.05) is 48.8 Å². The topological polar surface area (TPSA) is 72.4 Å². The van der Waals surface area contributed by atoms with E-state index >= 15 is 0 Å². The van der Waals surface area contributed by atoms with Crippen LogP contribution in [0.15, 0.2) is 40.8 Å². The largest absolute Gasteiger partial charge is 0.419 e. The molecule has 7 nitrogen and oxygen atoms in total. The number of hydrogen-bond acceptors (Lipinski definition) is 6. The molecule has 0 saturated carbocycles. The van der Waals surface area contributed by atoms with Crippen molar-refractivity contribution in [1.82, 2.24) is 24.8 Å². The first-order valence-corrected chi connectivity index (χ1v) is 9.01. The molecule has 0 aliphatic carbocycles. The van der Waals surface area contributed by atoms with Crippen LogP contribution in [0.5, 0.6) is 0 Å². The zero-order chi connectivity index (χ0) is 19.0. The maximum Gasteiger partial charge on any atom is 0.247 e. The van der Waals surface area contributed by atoms with Crippen LogP contribution >= 0.6 is 0 Å². The van der Waals surface area contributed by atoms with E-state index in [0.717, 1.165) is 40.4 Å². The second-order valence-corrected chi connectivity index (χ2v) is 6.63. The summed E-state index contributed by atoms with van der Waals surface area (Å²) in [6, 6.07) is 11.8. The zero-order valence-corrected chi connectivity index (χ0v) is 16.0. The highest BCUT2D eigenvalue weighted by molar-refractivity contribution is 5.57. The Labute approximate surface area is 157 Å². The fourth-order valence-corrected chi connectivity index (χ4v) is 3.01. The van der Waals surface area contributed by atoms with Gasteiger partial charge in [0, 0.05) is 29.9 Å². The molecule has 0 spiro atoms. The molecule has 4 aromatic rings. The monoisotopic (exact) mass is 362 g/mol. The van der Waals surface area contributed by atoms with Gasteiger partial charge in [0.15, 0.2) is 5.65 Å². The quantitative estimate of drug-likeness (QED) is 0.540. The van der Waals surface area contributed by atoms with Crippen molar-refractivity contribution in [2.75, 3.05) is 11.9 Å². The molecule has 0 fully saturated rings. The smallest absolute Gasteiger partial charge is 0.247 e. The summed E-state index contributed by atoms with van der Waals surface area (Å²) in [4.78, 5) is 6.79. The van der Waals surface area contributed by atoms with Gasteiger partial charge in [-0.1, -0.05) is 25.1 Å². The summed E-state index contributed by atoms with van der Waals surface area (Å²) in [6.07, 6.45) is 0.861. The molecule has 1 aromatic carbocycles. The van der Waals surface area contributed by atoms with Gasteiger partial charge in [-0.2, -0.15) is 9.61 Å². The molecule has 0 atom stereocenters. The Morgan fingerprint density at radius 1 is 1.11 bits per heavy atom. The molecule has 3 heterocycles. The van der Waals surface area contributed by atoms with E-state index in [1.54, 1.807) is 0 Å². The number of hydrogen-bond donors (Lipinski definition) is 0. The highest BCUT2D eigenvalue weighted by Crippen LogP contribution is 2.23. The van der Waals surface area contributed by atoms with Crippen LogP contribution in [-0.4, -0.2) is 31.8 Å². The third-order valence-corrected chi connectivity index (χ3v) is 4.70. The maximum atomic E-state index is 5.85. The number of fused-ring (bicyclic) bond motifs is 1. The summed E-state index contributed by atoms with van der Waals surface area (Å²) in [5.74, 6) is 2.03. The van der Waals surface area contributed by atoms with Crippen molar-refractivity contribution in [2.45, 2.75) is 33.7 Å². The van der Waals surface area contributed by atoms with Crippen LogP contribution in [0.25, 0.3) is 17.1 Å². The van der Waals surface area contributed by atoms with Crippen LogP contribution in [0.4, 0.5) is 5.82 Å². The number of aromatic nitrogens is 5. The minimum Gasteiger partial charge on any atom is -0.419 e. The molecule has 0 unspecified atom stereocenters. The highest BCUT2D eigenvalue weighted by atomic mass is 16.4. The number of nitrogens with zero attached hydrogens (tertiary/aromatic N) is 6. The van der Waals surface area contributed by atoms with Crippen molar-refractivity contribution >= 4 is 11.5 Å². The summed E-state index contributed by atoms with van der Waals surface area (Å²) in [5.41, 5.74) is 4.92. The summed E-state index contributed by atoms with van der Waals surface area (Å²) in [5, 5.41) is 13.0. The molecular weight excluding hydrogens is 340 g/mol. The summed E-state index contributed by atoms with van der Waals surface area (Å²) >= 11 is 0. The molecule has 138 valence electrons. The van der Waals surface area contributed by atoms with Crippen molar-refractivity contribution in [3.63, 3.8) is 0 Å². The van der Waals surface area contributed by atoms with E-state index in [9.17, 15) is 0 Å². The first-order chi connectivity index (χ1) is 13.1. The van der Waals surface area contributed by atoms with Crippen LogP contribution in [0.1, 0.15) is 29.8 Å². The van der Waals surface area contributed by atoms with E-state index in [-0.39, 0.29) is 0 Å². The van der Waals surface area contributed by atoms with E-state index in [0.29, 0.717) is 18.3 Å². The summed E-state index contributed by atoms with van der Waals surface area (Å²) in [6.45, 7) is 6.65. The first-order valence-electron chi connectivity index (χ1n) is 9.01. The zero-order valence-electron chi connectivity index (χ0n) is 16.0. The van der Waals surface area contributed by atoms with Crippen LogP contribution in [0.2, 0.25) is 0 Å². The minimum atomic E-state index is 0.486. The van der Waals surface area contributed by atoms with Gasteiger partial charge >= 0.3 is 0 Å². The fraction of sp³-hybridized carbons (Fsp3) is 0.300. The van der Waals surface area contributed by atoms with Crippen LogP contribution < -0.4 is 4.90 Å². The molecular formula is C20H22N6O. The van der Waals surface area contributed by atoms with Crippen LogP contribution in [0, 0.1) is 13.8 Å². The normalized spacial score (nSPS) is 11.3. The Bertz CT molecular complexity index is 1080. The summed E-state index contributed by atoms with van der Waals surface area (Å²) in [7, 11) is 1.99. The SMILES string of the molecule is CCc1cc(N(C)Cc2nnc(-c3ccccc3)o2)n2nc(C)c(C)c2n1. The molecule has 0 saturated heterocycles. The number of aryl methyl sites for hydroxylation is 3. The van der Waals surface area contributed by atoms with Gasteiger partial charge in [-0.25, -0.2) is 4.98 Å². The number of benzene rings is 1. The fourth-order valence-electron chi connectivity index (χ4n) is 3.01. The van der Waals surface area contributed by atoms with Gasteiger partial charge in [0.25, 0.3) is 0 Å². The van der Waals surface area contributed by atoms with Crippen molar-refractivity contribution < 1.29 is 4.42 Å². The number of anilines is 1. The van der Waals surface area contributed by atoms with Gasteiger partial charge in [0.1, 0.15) is 5.82 Å². The standard InChI is InChI=1S/C20H22N6O/c1-5-16-11-18(26-19(21-16)13(2)14(3)24-26)25(4)12-17-22-23-20(27-17)15-9-7-6-8-10-15/h6-11H,5,12H2,1-4H3. The molecule has 7 heteroatoms. The van der Waals surface area contributed by atoms with Gasteiger partial charge < -0.3 is 9.32 Å². The Kier molecular flexibility index (Phi) is 4.35. The Balaban J connectivity index is 1.66. The molecule has 0 amide bonds. The van der Waals surface area contributed by atoms with Gasteiger partial charge in [-0.05, 0) is 32.4 Å². The van der Waals surface area contributed by atoms with Crippen molar-refractivity contribution in [1.29, 1.82) is 0 Å². The molecule has 0 bridgehead atoms. The Morgan fingerprint density at radius 2 is 1.89 bits per heavy atom. The second-order valence-electron chi connectivity index (χ2n) is 6.63. The van der Waals surface area contributed by atoms with E-state index in [1.165, 1.54) is 0 Å². The third kappa shape index (κ3) is 3.16. The lowest BCUT2D eigenvalue weighted by atomic mass is 10.2. The van der Waals surface area contributed by atoms with Gasteiger partial charge in [-0.15, -0.1) is 10.2 Å². The molecule has 0 N–H and O–H groups in total. The molecule has 4 rings (SSSR count). The predicted octanol–water partition coefficient (Wildman–Crippen LogP) is 3.59. The van der Waals surface area contributed by atoms with E-state index in [4.69, 9.17) is 9.40 Å². The average molecular weight is 362 g/mol. The lowest BCUT2D eigenvalue weighted by molar-refractivity contribution is 0.502. The maximum absolute atomic E-state index is 5.85. The number of rotatable bonds is 5. The minimum absolute atomic E-state index is 0.486. The van der Waals surface area contributed by atoms with E-state index < -0.39 is 0 Å². The summed E-state index contributed by atoms with van der Waals surface area (Å²) < 4.78 is 7.74. The van der Waals surface area contributed by atoms with Gasteiger partial charge in [0.2, 0.25) is 11.8 Å². The van der Waals surface area contributed by atoms with Crippen LogP contribution in [0.3, 0.4) is 0 Å². The Hall–Kier alpha value is -3.22. The van der Waals surface area contributed by atoms with Gasteiger partial charge in [-0.3, -0.25) is 0 Å².